The average Bonchev–Trinajstić information content (AvgIpc) is 2.58. The van der Waals surface area contributed by atoms with Crippen LogP contribution in [-0.4, -0.2) is 21.6 Å². The minimum atomic E-state index is -3.60. The van der Waals surface area contributed by atoms with Crippen molar-refractivity contribution in [1.82, 2.24) is 4.72 Å². The van der Waals surface area contributed by atoms with E-state index in [4.69, 9.17) is 4.74 Å². The zero-order chi connectivity index (χ0) is 22.1. The number of unbranched alkanes of at least 4 members (excludes halogenated alkanes) is 5. The zero-order valence-corrected chi connectivity index (χ0v) is 20.5. The summed E-state index contributed by atoms with van der Waals surface area (Å²) in [6.45, 7) is 15.9. The van der Waals surface area contributed by atoms with Crippen LogP contribution in [0.2, 0.25) is 0 Å². The van der Waals surface area contributed by atoms with Gasteiger partial charge in [-0.05, 0) is 41.4 Å². The second-order valence-electron chi connectivity index (χ2n) is 9.90. The maximum Gasteiger partial charge on any atom is 0.244 e. The maximum atomic E-state index is 12.8. The first-order valence-corrected chi connectivity index (χ1v) is 12.7. The molecule has 0 heterocycles. The summed E-state index contributed by atoms with van der Waals surface area (Å²) in [5, 5.41) is 0. The number of sulfonamides is 1. The van der Waals surface area contributed by atoms with E-state index in [0.717, 1.165) is 24.8 Å². The highest BCUT2D eigenvalue weighted by atomic mass is 32.2. The lowest BCUT2D eigenvalue weighted by Crippen LogP contribution is -2.27. The Morgan fingerprint density at radius 3 is 2.14 bits per heavy atom. The van der Waals surface area contributed by atoms with Crippen LogP contribution in [0.4, 0.5) is 0 Å². The first-order chi connectivity index (χ1) is 13.4. The molecule has 1 aromatic carbocycles. The van der Waals surface area contributed by atoms with E-state index in [1.54, 1.807) is 13.0 Å². The molecule has 0 amide bonds. The van der Waals surface area contributed by atoms with Crippen molar-refractivity contribution in [3.05, 3.63) is 23.8 Å². The lowest BCUT2D eigenvalue weighted by molar-refractivity contribution is 0.281. The third kappa shape index (κ3) is 9.08. The van der Waals surface area contributed by atoms with Gasteiger partial charge in [-0.3, -0.25) is 0 Å². The molecule has 0 fully saturated rings. The molecule has 0 spiro atoms. The van der Waals surface area contributed by atoms with E-state index in [-0.39, 0.29) is 15.7 Å². The molecule has 0 aliphatic rings. The van der Waals surface area contributed by atoms with Crippen molar-refractivity contribution in [1.29, 1.82) is 0 Å². The second-order valence-corrected chi connectivity index (χ2v) is 11.6. The molecule has 0 aromatic heterocycles. The zero-order valence-electron chi connectivity index (χ0n) is 19.7. The van der Waals surface area contributed by atoms with Crippen LogP contribution >= 0.6 is 0 Å². The van der Waals surface area contributed by atoms with E-state index in [2.05, 4.69) is 46.3 Å². The minimum absolute atomic E-state index is 0.132. The Labute approximate surface area is 179 Å². The van der Waals surface area contributed by atoms with Gasteiger partial charge in [-0.15, -0.1) is 0 Å². The number of ether oxygens (including phenoxy) is 1. The quantitative estimate of drug-likeness (QED) is 0.370. The number of hydrogen-bond donors (Lipinski definition) is 1. The van der Waals surface area contributed by atoms with Crippen LogP contribution < -0.4 is 9.46 Å². The summed E-state index contributed by atoms with van der Waals surface area (Å²) >= 11 is 0. The van der Waals surface area contributed by atoms with Crippen molar-refractivity contribution in [2.24, 2.45) is 5.41 Å². The Morgan fingerprint density at radius 2 is 1.55 bits per heavy atom. The highest BCUT2D eigenvalue weighted by Gasteiger charge is 2.29. The van der Waals surface area contributed by atoms with E-state index in [0.29, 0.717) is 18.9 Å². The van der Waals surface area contributed by atoms with Gasteiger partial charge in [0, 0.05) is 6.54 Å². The van der Waals surface area contributed by atoms with E-state index in [9.17, 15) is 8.42 Å². The van der Waals surface area contributed by atoms with E-state index < -0.39 is 10.0 Å². The van der Waals surface area contributed by atoms with Crippen LogP contribution in [0.3, 0.4) is 0 Å². The van der Waals surface area contributed by atoms with E-state index in [1.807, 2.05) is 12.1 Å². The van der Waals surface area contributed by atoms with Gasteiger partial charge in [-0.2, -0.15) is 0 Å². The van der Waals surface area contributed by atoms with Gasteiger partial charge in [0.05, 0.1) is 6.61 Å². The molecule has 0 saturated carbocycles. The standard InChI is InChI=1S/C24H43NO3S/c1-8-10-11-12-13-14-17-28-21-16-15-20(24(6,7)19-23(3,4)5)18-22(21)29(26,27)25-9-2/h15-16,18,25H,8-14,17,19H2,1-7H3. The molecule has 5 heteroatoms. The van der Waals surface area contributed by atoms with Crippen molar-refractivity contribution in [3.63, 3.8) is 0 Å². The number of benzene rings is 1. The summed E-state index contributed by atoms with van der Waals surface area (Å²) in [5.41, 5.74) is 1.04. The van der Waals surface area contributed by atoms with Crippen LogP contribution in [0.5, 0.6) is 5.75 Å². The Bertz CT molecular complexity index is 718. The van der Waals surface area contributed by atoms with Gasteiger partial charge in [0.1, 0.15) is 10.6 Å². The highest BCUT2D eigenvalue weighted by Crippen LogP contribution is 2.38. The molecule has 4 nitrogen and oxygen atoms in total. The Morgan fingerprint density at radius 1 is 0.931 bits per heavy atom. The summed E-state index contributed by atoms with van der Waals surface area (Å²) in [7, 11) is -3.60. The molecule has 168 valence electrons. The van der Waals surface area contributed by atoms with E-state index >= 15 is 0 Å². The number of nitrogens with one attached hydrogen (secondary N) is 1. The van der Waals surface area contributed by atoms with Gasteiger partial charge in [-0.1, -0.05) is 86.6 Å². The van der Waals surface area contributed by atoms with Crippen molar-refractivity contribution in [2.45, 2.75) is 104 Å². The molecular weight excluding hydrogens is 382 g/mol. The molecule has 0 radical (unpaired) electrons. The SMILES string of the molecule is CCCCCCCCOc1ccc(C(C)(C)CC(C)(C)C)cc1S(=O)(=O)NCC. The molecular formula is C24H43NO3S. The second kappa shape index (κ2) is 11.4. The van der Waals surface area contributed by atoms with Gasteiger partial charge in [0.25, 0.3) is 0 Å². The fourth-order valence-corrected chi connectivity index (χ4v) is 5.23. The smallest absolute Gasteiger partial charge is 0.244 e. The van der Waals surface area contributed by atoms with Gasteiger partial charge in [0.15, 0.2) is 0 Å². The summed E-state index contributed by atoms with van der Waals surface area (Å²) in [6.07, 6.45) is 8.00. The van der Waals surface area contributed by atoms with E-state index in [1.165, 1.54) is 25.7 Å². The monoisotopic (exact) mass is 425 g/mol. The van der Waals surface area contributed by atoms with Crippen molar-refractivity contribution in [2.75, 3.05) is 13.2 Å². The molecule has 1 rings (SSSR count). The summed E-state index contributed by atoms with van der Waals surface area (Å²) < 4.78 is 34.2. The predicted octanol–water partition coefficient (Wildman–Crippen LogP) is 6.44. The Balaban J connectivity index is 3.02. The fraction of sp³-hybridized carbons (Fsp3) is 0.750. The van der Waals surface area contributed by atoms with Crippen molar-refractivity contribution in [3.8, 4) is 5.75 Å². The topological polar surface area (TPSA) is 55.4 Å². The molecule has 0 saturated heterocycles. The molecule has 0 aliphatic heterocycles. The molecule has 0 bridgehead atoms. The lowest BCUT2D eigenvalue weighted by atomic mass is 9.72. The van der Waals surface area contributed by atoms with Gasteiger partial charge in [-0.25, -0.2) is 13.1 Å². The van der Waals surface area contributed by atoms with Crippen LogP contribution in [0, 0.1) is 5.41 Å². The molecule has 0 atom stereocenters. The molecule has 29 heavy (non-hydrogen) atoms. The number of rotatable bonds is 13. The van der Waals surface area contributed by atoms with Gasteiger partial charge < -0.3 is 4.74 Å². The average molecular weight is 426 g/mol. The predicted molar refractivity (Wildman–Crippen MR) is 123 cm³/mol. The third-order valence-electron chi connectivity index (χ3n) is 5.08. The first kappa shape index (κ1) is 26.0. The normalized spacial score (nSPS) is 12.9. The van der Waals surface area contributed by atoms with Gasteiger partial charge in [0.2, 0.25) is 10.0 Å². The number of hydrogen-bond acceptors (Lipinski definition) is 3. The lowest BCUT2D eigenvalue weighted by Gasteiger charge is -2.33. The first-order valence-electron chi connectivity index (χ1n) is 11.2. The van der Waals surface area contributed by atoms with Crippen LogP contribution in [-0.2, 0) is 15.4 Å². The Kier molecular flexibility index (Phi) is 10.2. The minimum Gasteiger partial charge on any atom is -0.492 e. The summed E-state index contributed by atoms with van der Waals surface area (Å²) in [5.74, 6) is 0.454. The molecule has 1 N–H and O–H groups in total. The van der Waals surface area contributed by atoms with Gasteiger partial charge >= 0.3 is 0 Å². The molecule has 1 aromatic rings. The Hall–Kier alpha value is -1.07. The highest BCUT2D eigenvalue weighted by molar-refractivity contribution is 7.89. The van der Waals surface area contributed by atoms with Crippen molar-refractivity contribution >= 4 is 10.0 Å². The molecule has 0 aliphatic carbocycles. The molecule has 0 unspecified atom stereocenters. The fourth-order valence-electron chi connectivity index (χ4n) is 4.02. The third-order valence-corrected chi connectivity index (χ3v) is 6.64. The van der Waals surface area contributed by atoms with Crippen LogP contribution in [0.1, 0.15) is 99.0 Å². The largest absolute Gasteiger partial charge is 0.492 e. The maximum absolute atomic E-state index is 12.8. The summed E-state index contributed by atoms with van der Waals surface area (Å²) in [4.78, 5) is 0.254. The van der Waals surface area contributed by atoms with Crippen LogP contribution in [0.15, 0.2) is 23.1 Å². The van der Waals surface area contributed by atoms with Crippen LogP contribution in [0.25, 0.3) is 0 Å². The summed E-state index contributed by atoms with van der Waals surface area (Å²) in [6, 6.07) is 5.66. The van der Waals surface area contributed by atoms with Crippen molar-refractivity contribution < 1.29 is 13.2 Å².